The standard InChI is InChI=1S/C23H25NO6/c1-4-5-12-24-20(14-6-9-16(25)10-7-14)19(22(27)23(24)28)21(26)15-8-11-17(29-2)18(13-15)30-3/h6-11,13,20,25-26H,4-5,12H2,1-3H3/b21-19-. The molecule has 2 N–H and O–H groups in total. The summed E-state index contributed by atoms with van der Waals surface area (Å²) < 4.78 is 10.5. The van der Waals surface area contributed by atoms with E-state index in [4.69, 9.17) is 9.47 Å². The van der Waals surface area contributed by atoms with Crippen LogP contribution in [0.3, 0.4) is 0 Å². The van der Waals surface area contributed by atoms with Crippen LogP contribution in [-0.2, 0) is 9.59 Å². The molecule has 7 nitrogen and oxygen atoms in total. The van der Waals surface area contributed by atoms with Crippen LogP contribution >= 0.6 is 0 Å². The van der Waals surface area contributed by atoms with E-state index in [9.17, 15) is 19.8 Å². The lowest BCUT2D eigenvalue weighted by atomic mass is 9.95. The van der Waals surface area contributed by atoms with E-state index in [1.807, 2.05) is 6.92 Å². The number of aromatic hydroxyl groups is 1. The number of phenols is 1. The minimum atomic E-state index is -0.745. The maximum Gasteiger partial charge on any atom is 0.295 e. The molecule has 158 valence electrons. The van der Waals surface area contributed by atoms with Gasteiger partial charge >= 0.3 is 0 Å². The first-order valence-electron chi connectivity index (χ1n) is 9.72. The van der Waals surface area contributed by atoms with Gasteiger partial charge in [0, 0.05) is 12.1 Å². The number of methoxy groups -OCH3 is 2. The first-order chi connectivity index (χ1) is 14.4. The number of ether oxygens (including phenoxy) is 2. The Balaban J connectivity index is 2.16. The Kier molecular flexibility index (Phi) is 6.30. The van der Waals surface area contributed by atoms with Crippen LogP contribution in [0.1, 0.15) is 36.9 Å². The first kappa shape index (κ1) is 21.2. The number of amides is 1. The van der Waals surface area contributed by atoms with E-state index in [1.165, 1.54) is 31.3 Å². The number of likely N-dealkylation sites (tertiary alicyclic amines) is 1. The molecule has 1 aliphatic rings. The number of Topliss-reactive ketones (excluding diaryl/α,β-unsaturated/α-hetero) is 1. The highest BCUT2D eigenvalue weighted by Crippen LogP contribution is 2.41. The molecule has 1 fully saturated rings. The number of hydrogen-bond acceptors (Lipinski definition) is 6. The smallest absolute Gasteiger partial charge is 0.295 e. The molecule has 1 atom stereocenters. The second-order valence-corrected chi connectivity index (χ2v) is 7.01. The lowest BCUT2D eigenvalue weighted by Gasteiger charge is -2.25. The average molecular weight is 411 g/mol. The third kappa shape index (κ3) is 3.83. The molecular formula is C23H25NO6. The highest BCUT2D eigenvalue weighted by atomic mass is 16.5. The molecule has 3 rings (SSSR count). The minimum absolute atomic E-state index is 0.00835. The van der Waals surface area contributed by atoms with Gasteiger partial charge in [0.15, 0.2) is 11.5 Å². The van der Waals surface area contributed by atoms with Crippen molar-refractivity contribution in [3.8, 4) is 17.2 Å². The number of aliphatic hydroxyl groups is 1. The van der Waals surface area contributed by atoms with Gasteiger partial charge in [-0.2, -0.15) is 0 Å². The molecular weight excluding hydrogens is 386 g/mol. The monoisotopic (exact) mass is 411 g/mol. The molecule has 1 heterocycles. The Morgan fingerprint density at radius 3 is 2.30 bits per heavy atom. The molecule has 0 spiro atoms. The summed E-state index contributed by atoms with van der Waals surface area (Å²) in [6, 6.07) is 10.3. The Morgan fingerprint density at radius 2 is 1.70 bits per heavy atom. The quantitative estimate of drug-likeness (QED) is 0.410. The maximum absolute atomic E-state index is 12.9. The summed E-state index contributed by atoms with van der Waals surface area (Å²) in [6.45, 7) is 2.38. The van der Waals surface area contributed by atoms with Crippen molar-refractivity contribution in [2.75, 3.05) is 20.8 Å². The van der Waals surface area contributed by atoms with E-state index in [2.05, 4.69) is 0 Å². The van der Waals surface area contributed by atoms with Gasteiger partial charge in [-0.05, 0) is 42.3 Å². The summed E-state index contributed by atoms with van der Waals surface area (Å²) in [7, 11) is 2.98. The van der Waals surface area contributed by atoms with Crippen LogP contribution in [0.25, 0.3) is 5.76 Å². The highest BCUT2D eigenvalue weighted by Gasteiger charge is 2.45. The summed E-state index contributed by atoms with van der Waals surface area (Å²) in [5.74, 6) is -0.731. The van der Waals surface area contributed by atoms with Gasteiger partial charge in [0.2, 0.25) is 0 Å². The molecule has 1 aliphatic heterocycles. The lowest BCUT2D eigenvalue weighted by Crippen LogP contribution is -2.30. The lowest BCUT2D eigenvalue weighted by molar-refractivity contribution is -0.139. The predicted molar refractivity (Wildman–Crippen MR) is 112 cm³/mol. The summed E-state index contributed by atoms with van der Waals surface area (Å²) in [5, 5.41) is 20.7. The molecule has 0 radical (unpaired) electrons. The number of aliphatic hydroxyl groups excluding tert-OH is 1. The fourth-order valence-corrected chi connectivity index (χ4v) is 3.58. The van der Waals surface area contributed by atoms with Crippen molar-refractivity contribution in [1.29, 1.82) is 0 Å². The number of rotatable bonds is 7. The van der Waals surface area contributed by atoms with Crippen LogP contribution in [0.4, 0.5) is 0 Å². The minimum Gasteiger partial charge on any atom is -0.508 e. The Hall–Kier alpha value is -3.48. The van der Waals surface area contributed by atoms with Gasteiger partial charge in [-0.15, -0.1) is 0 Å². The van der Waals surface area contributed by atoms with Crippen LogP contribution in [-0.4, -0.2) is 47.6 Å². The van der Waals surface area contributed by atoms with Crippen LogP contribution in [0, 0.1) is 0 Å². The highest BCUT2D eigenvalue weighted by molar-refractivity contribution is 6.46. The third-order valence-corrected chi connectivity index (χ3v) is 5.16. The van der Waals surface area contributed by atoms with Gasteiger partial charge in [-0.3, -0.25) is 9.59 Å². The first-order valence-corrected chi connectivity index (χ1v) is 9.72. The fraction of sp³-hybridized carbons (Fsp3) is 0.304. The van der Waals surface area contributed by atoms with E-state index in [-0.39, 0.29) is 17.1 Å². The molecule has 1 unspecified atom stereocenters. The Bertz CT molecular complexity index is 980. The van der Waals surface area contributed by atoms with Crippen molar-refractivity contribution in [1.82, 2.24) is 4.90 Å². The number of unbranched alkanes of at least 4 members (excludes halogenated alkanes) is 1. The van der Waals surface area contributed by atoms with Crippen LogP contribution in [0.5, 0.6) is 17.2 Å². The molecule has 0 aromatic heterocycles. The van der Waals surface area contributed by atoms with Crippen LogP contribution in [0.2, 0.25) is 0 Å². The van der Waals surface area contributed by atoms with E-state index in [1.54, 1.807) is 30.3 Å². The zero-order valence-corrected chi connectivity index (χ0v) is 17.2. The zero-order chi connectivity index (χ0) is 21.8. The third-order valence-electron chi connectivity index (χ3n) is 5.16. The number of ketones is 1. The molecule has 1 amide bonds. The second kappa shape index (κ2) is 8.90. The van der Waals surface area contributed by atoms with Crippen LogP contribution < -0.4 is 9.47 Å². The number of benzene rings is 2. The average Bonchev–Trinajstić information content (AvgIpc) is 3.01. The largest absolute Gasteiger partial charge is 0.508 e. The van der Waals surface area contributed by atoms with E-state index in [0.29, 0.717) is 29.2 Å². The Labute approximate surface area is 175 Å². The molecule has 2 aromatic rings. The van der Waals surface area contributed by atoms with Gasteiger partial charge in [-0.1, -0.05) is 25.5 Å². The van der Waals surface area contributed by atoms with Crippen molar-refractivity contribution in [2.45, 2.75) is 25.8 Å². The van der Waals surface area contributed by atoms with Gasteiger partial charge in [-0.25, -0.2) is 0 Å². The van der Waals surface area contributed by atoms with Crippen molar-refractivity contribution < 1.29 is 29.3 Å². The number of nitrogens with zero attached hydrogens (tertiary/aromatic N) is 1. The number of carbonyl (C=O) groups excluding carboxylic acids is 2. The fourth-order valence-electron chi connectivity index (χ4n) is 3.58. The Morgan fingerprint density at radius 1 is 1.03 bits per heavy atom. The zero-order valence-electron chi connectivity index (χ0n) is 17.2. The van der Waals surface area contributed by atoms with Gasteiger partial charge in [0.1, 0.15) is 11.5 Å². The molecule has 1 saturated heterocycles. The number of hydrogen-bond donors (Lipinski definition) is 2. The molecule has 7 heteroatoms. The maximum atomic E-state index is 12.9. The summed E-state index contributed by atoms with van der Waals surface area (Å²) in [6.07, 6.45) is 1.57. The van der Waals surface area contributed by atoms with Gasteiger partial charge in [0.25, 0.3) is 11.7 Å². The summed E-state index contributed by atoms with van der Waals surface area (Å²) >= 11 is 0. The molecule has 0 aliphatic carbocycles. The summed E-state index contributed by atoms with van der Waals surface area (Å²) in [5.41, 5.74) is 0.976. The molecule has 0 bridgehead atoms. The predicted octanol–water partition coefficient (Wildman–Crippen LogP) is 3.63. The topological polar surface area (TPSA) is 96.3 Å². The van der Waals surface area contributed by atoms with Crippen molar-refractivity contribution in [3.05, 3.63) is 59.2 Å². The SMILES string of the molecule is CCCCN1C(=O)C(=O)/C(=C(\O)c2ccc(OC)c(OC)c2)C1c1ccc(O)cc1. The molecule has 0 saturated carbocycles. The van der Waals surface area contributed by atoms with Crippen molar-refractivity contribution in [2.24, 2.45) is 0 Å². The van der Waals surface area contributed by atoms with E-state index < -0.39 is 17.7 Å². The van der Waals surface area contributed by atoms with E-state index >= 15 is 0 Å². The number of carbonyl (C=O) groups is 2. The molecule has 2 aromatic carbocycles. The molecule has 30 heavy (non-hydrogen) atoms. The summed E-state index contributed by atoms with van der Waals surface area (Å²) in [4.78, 5) is 27.2. The number of phenolic OH excluding ortho intramolecular Hbond substituents is 1. The second-order valence-electron chi connectivity index (χ2n) is 7.01. The van der Waals surface area contributed by atoms with Gasteiger partial charge < -0.3 is 24.6 Å². The normalized spacial score (nSPS) is 18.0. The van der Waals surface area contributed by atoms with Gasteiger partial charge in [0.05, 0.1) is 25.8 Å². The van der Waals surface area contributed by atoms with Crippen molar-refractivity contribution >= 4 is 17.4 Å². The van der Waals surface area contributed by atoms with E-state index in [0.717, 1.165) is 12.8 Å². The van der Waals surface area contributed by atoms with Crippen molar-refractivity contribution in [3.63, 3.8) is 0 Å². The van der Waals surface area contributed by atoms with Crippen LogP contribution in [0.15, 0.2) is 48.0 Å².